The third kappa shape index (κ3) is 2.52. The number of aromatic nitrogens is 1. The van der Waals surface area contributed by atoms with Gasteiger partial charge in [-0.15, -0.1) is 0 Å². The molecule has 1 aromatic rings. The van der Waals surface area contributed by atoms with Crippen molar-refractivity contribution in [1.82, 2.24) is 10.4 Å². The van der Waals surface area contributed by atoms with Crippen LogP contribution < -0.4 is 11.3 Å². The van der Waals surface area contributed by atoms with Crippen molar-refractivity contribution in [2.24, 2.45) is 11.8 Å². The molecule has 0 saturated carbocycles. The fourth-order valence-corrected chi connectivity index (χ4v) is 2.35. The zero-order valence-electron chi connectivity index (χ0n) is 9.03. The number of nitrogens with one attached hydrogen (secondary N) is 1. The minimum atomic E-state index is 0.0117. The highest BCUT2D eigenvalue weighted by Crippen LogP contribution is 2.31. The predicted octanol–water partition coefficient (Wildman–Crippen LogP) is 1.67. The Labute approximate surface area is 100 Å². The highest BCUT2D eigenvalue weighted by molar-refractivity contribution is 6.31. The van der Waals surface area contributed by atoms with Crippen molar-refractivity contribution in [3.8, 4) is 0 Å². The molecule has 16 heavy (non-hydrogen) atoms. The third-order valence-electron chi connectivity index (χ3n) is 3.00. The number of nitrogens with two attached hydrogens (primary N) is 1. The van der Waals surface area contributed by atoms with Crippen LogP contribution in [0, 0.1) is 5.92 Å². The van der Waals surface area contributed by atoms with Crippen LogP contribution in [0.15, 0.2) is 18.3 Å². The molecule has 0 aliphatic carbocycles. The SMILES string of the molecule is NNC(c1ncccc1Cl)C1CCOCC1. The van der Waals surface area contributed by atoms with Crippen molar-refractivity contribution >= 4 is 11.6 Å². The van der Waals surface area contributed by atoms with Gasteiger partial charge in [0.05, 0.1) is 16.8 Å². The Morgan fingerprint density at radius 2 is 2.25 bits per heavy atom. The molecule has 1 saturated heterocycles. The fourth-order valence-electron chi connectivity index (χ4n) is 2.11. The van der Waals surface area contributed by atoms with Crippen molar-refractivity contribution in [3.05, 3.63) is 29.0 Å². The Hall–Kier alpha value is -0.680. The number of halogens is 1. The van der Waals surface area contributed by atoms with Gasteiger partial charge in [-0.2, -0.15) is 0 Å². The molecular formula is C11H16ClN3O. The van der Waals surface area contributed by atoms with Gasteiger partial charge in [0, 0.05) is 19.4 Å². The zero-order chi connectivity index (χ0) is 11.4. The summed E-state index contributed by atoms with van der Waals surface area (Å²) in [6.45, 7) is 1.57. The van der Waals surface area contributed by atoms with Gasteiger partial charge in [-0.1, -0.05) is 11.6 Å². The molecule has 2 rings (SSSR count). The molecule has 1 fully saturated rings. The van der Waals surface area contributed by atoms with Crippen LogP contribution >= 0.6 is 11.6 Å². The average molecular weight is 242 g/mol. The maximum Gasteiger partial charge on any atom is 0.0775 e. The van der Waals surface area contributed by atoms with Gasteiger partial charge >= 0.3 is 0 Å². The molecule has 4 nitrogen and oxygen atoms in total. The first-order valence-electron chi connectivity index (χ1n) is 5.47. The molecule has 3 N–H and O–H groups in total. The van der Waals surface area contributed by atoms with E-state index in [0.29, 0.717) is 10.9 Å². The van der Waals surface area contributed by atoms with E-state index in [-0.39, 0.29) is 6.04 Å². The smallest absolute Gasteiger partial charge is 0.0775 e. The van der Waals surface area contributed by atoms with Gasteiger partial charge in [0.25, 0.3) is 0 Å². The van der Waals surface area contributed by atoms with Crippen molar-refractivity contribution in [2.45, 2.75) is 18.9 Å². The lowest BCUT2D eigenvalue weighted by molar-refractivity contribution is 0.0531. The van der Waals surface area contributed by atoms with Crippen LogP contribution in [0.4, 0.5) is 0 Å². The molecule has 0 radical (unpaired) electrons. The molecule has 5 heteroatoms. The van der Waals surface area contributed by atoms with E-state index in [9.17, 15) is 0 Å². The van der Waals surface area contributed by atoms with E-state index < -0.39 is 0 Å². The fraction of sp³-hybridized carbons (Fsp3) is 0.545. The van der Waals surface area contributed by atoms with E-state index >= 15 is 0 Å². The second-order valence-corrected chi connectivity index (χ2v) is 4.37. The van der Waals surface area contributed by atoms with Gasteiger partial charge in [-0.05, 0) is 30.9 Å². The van der Waals surface area contributed by atoms with Crippen LogP contribution in [0.3, 0.4) is 0 Å². The Bertz CT molecular complexity index is 342. The van der Waals surface area contributed by atoms with Gasteiger partial charge in [0.15, 0.2) is 0 Å². The summed E-state index contributed by atoms with van der Waals surface area (Å²) in [5, 5.41) is 0.664. The molecule has 0 spiro atoms. The second kappa shape index (κ2) is 5.59. The molecule has 1 aromatic heterocycles. The van der Waals surface area contributed by atoms with Gasteiger partial charge in [-0.3, -0.25) is 16.3 Å². The highest BCUT2D eigenvalue weighted by Gasteiger charge is 2.26. The van der Waals surface area contributed by atoms with Crippen LogP contribution in [-0.4, -0.2) is 18.2 Å². The maximum atomic E-state index is 6.13. The average Bonchev–Trinajstić information content (AvgIpc) is 2.34. The molecule has 1 aliphatic heterocycles. The normalized spacial score (nSPS) is 19.6. The Kier molecular flexibility index (Phi) is 4.12. The molecular weight excluding hydrogens is 226 g/mol. The molecule has 2 heterocycles. The lowest BCUT2D eigenvalue weighted by Crippen LogP contribution is -2.36. The number of hydrazine groups is 1. The van der Waals surface area contributed by atoms with Gasteiger partial charge < -0.3 is 4.74 Å². The molecule has 0 amide bonds. The first-order chi connectivity index (χ1) is 7.83. The quantitative estimate of drug-likeness (QED) is 0.624. The Morgan fingerprint density at radius 1 is 1.50 bits per heavy atom. The molecule has 0 bridgehead atoms. The number of nitrogens with zero attached hydrogens (tertiary/aromatic N) is 1. The highest BCUT2D eigenvalue weighted by atomic mass is 35.5. The maximum absolute atomic E-state index is 6.13. The second-order valence-electron chi connectivity index (χ2n) is 3.96. The Morgan fingerprint density at radius 3 is 2.88 bits per heavy atom. The van der Waals surface area contributed by atoms with E-state index in [1.54, 1.807) is 6.20 Å². The van der Waals surface area contributed by atoms with E-state index in [4.69, 9.17) is 22.2 Å². The summed E-state index contributed by atoms with van der Waals surface area (Å²) in [5.41, 5.74) is 3.66. The largest absolute Gasteiger partial charge is 0.381 e. The van der Waals surface area contributed by atoms with E-state index in [2.05, 4.69) is 10.4 Å². The van der Waals surface area contributed by atoms with E-state index in [1.165, 1.54) is 0 Å². The first kappa shape index (κ1) is 11.8. The summed E-state index contributed by atoms with van der Waals surface area (Å²) in [6, 6.07) is 3.68. The Balaban J connectivity index is 2.18. The van der Waals surface area contributed by atoms with Crippen molar-refractivity contribution in [1.29, 1.82) is 0 Å². The molecule has 1 aliphatic rings. The lowest BCUT2D eigenvalue weighted by Gasteiger charge is -2.29. The monoisotopic (exact) mass is 241 g/mol. The standard InChI is InChI=1S/C11H16ClN3O/c12-9-2-1-5-14-11(9)10(15-13)8-3-6-16-7-4-8/h1-2,5,8,10,15H,3-4,6-7,13H2. The van der Waals surface area contributed by atoms with E-state index in [0.717, 1.165) is 31.7 Å². The van der Waals surface area contributed by atoms with Crippen LogP contribution in [0.5, 0.6) is 0 Å². The minimum absolute atomic E-state index is 0.0117. The lowest BCUT2D eigenvalue weighted by atomic mass is 9.90. The summed E-state index contributed by atoms with van der Waals surface area (Å²) in [6.07, 6.45) is 3.72. The molecule has 1 unspecified atom stereocenters. The number of ether oxygens (including phenoxy) is 1. The van der Waals surface area contributed by atoms with Crippen LogP contribution in [0.25, 0.3) is 0 Å². The molecule has 88 valence electrons. The topological polar surface area (TPSA) is 60.2 Å². The van der Waals surface area contributed by atoms with Gasteiger partial charge in [0.2, 0.25) is 0 Å². The number of hydrogen-bond acceptors (Lipinski definition) is 4. The van der Waals surface area contributed by atoms with E-state index in [1.807, 2.05) is 12.1 Å². The number of rotatable bonds is 3. The summed E-state index contributed by atoms with van der Waals surface area (Å²) >= 11 is 6.13. The summed E-state index contributed by atoms with van der Waals surface area (Å²) in [5.74, 6) is 6.05. The summed E-state index contributed by atoms with van der Waals surface area (Å²) < 4.78 is 5.34. The zero-order valence-corrected chi connectivity index (χ0v) is 9.78. The molecule has 0 aromatic carbocycles. The molecule has 1 atom stereocenters. The van der Waals surface area contributed by atoms with Crippen LogP contribution in [0.2, 0.25) is 5.02 Å². The minimum Gasteiger partial charge on any atom is -0.381 e. The van der Waals surface area contributed by atoms with Crippen molar-refractivity contribution in [3.63, 3.8) is 0 Å². The van der Waals surface area contributed by atoms with Crippen LogP contribution in [0.1, 0.15) is 24.6 Å². The predicted molar refractivity (Wildman–Crippen MR) is 62.9 cm³/mol. The van der Waals surface area contributed by atoms with Crippen molar-refractivity contribution < 1.29 is 4.74 Å². The van der Waals surface area contributed by atoms with Crippen LogP contribution in [-0.2, 0) is 4.74 Å². The van der Waals surface area contributed by atoms with Gasteiger partial charge in [-0.25, -0.2) is 0 Å². The van der Waals surface area contributed by atoms with Crippen molar-refractivity contribution in [2.75, 3.05) is 13.2 Å². The number of hydrogen-bond donors (Lipinski definition) is 2. The third-order valence-corrected chi connectivity index (χ3v) is 3.32. The van der Waals surface area contributed by atoms with Gasteiger partial charge in [0.1, 0.15) is 0 Å². The summed E-state index contributed by atoms with van der Waals surface area (Å²) in [4.78, 5) is 4.31. The summed E-state index contributed by atoms with van der Waals surface area (Å²) in [7, 11) is 0. The first-order valence-corrected chi connectivity index (χ1v) is 5.85. The number of pyridine rings is 1.